The first-order valence-electron chi connectivity index (χ1n) is 7.42. The molecule has 0 aliphatic carbocycles. The standard InChI is InChI=1S/C16H24ClNO3/c1-4-14-12(5-6-21-14)10-18-9-11-7-13(17)16(20-3)15(8-11)19-2/h7-8,12,14,18H,4-6,9-10H2,1-3H3. The van der Waals surface area contributed by atoms with Crippen molar-refractivity contribution < 1.29 is 14.2 Å². The van der Waals surface area contributed by atoms with Gasteiger partial charge in [0.15, 0.2) is 11.5 Å². The van der Waals surface area contributed by atoms with Crippen LogP contribution in [0.3, 0.4) is 0 Å². The number of ether oxygens (including phenoxy) is 3. The van der Waals surface area contributed by atoms with Gasteiger partial charge in [-0.2, -0.15) is 0 Å². The summed E-state index contributed by atoms with van der Waals surface area (Å²) in [5.74, 6) is 1.85. The molecule has 1 fully saturated rings. The predicted octanol–water partition coefficient (Wildman–Crippen LogP) is 3.26. The Kier molecular flexibility index (Phi) is 6.15. The molecule has 21 heavy (non-hydrogen) atoms. The normalized spacial score (nSPS) is 21.5. The highest BCUT2D eigenvalue weighted by Gasteiger charge is 2.26. The molecule has 0 bridgehead atoms. The van der Waals surface area contributed by atoms with Crippen LogP contribution in [0.2, 0.25) is 5.02 Å². The van der Waals surface area contributed by atoms with Gasteiger partial charge in [-0.3, -0.25) is 0 Å². The lowest BCUT2D eigenvalue weighted by atomic mass is 9.99. The largest absolute Gasteiger partial charge is 0.493 e. The minimum atomic E-state index is 0.395. The summed E-state index contributed by atoms with van der Waals surface area (Å²) in [6, 6.07) is 3.87. The molecule has 0 radical (unpaired) electrons. The second-order valence-corrected chi connectivity index (χ2v) is 5.72. The van der Waals surface area contributed by atoms with Crippen LogP contribution in [0.15, 0.2) is 12.1 Å². The summed E-state index contributed by atoms with van der Waals surface area (Å²) < 4.78 is 16.3. The fourth-order valence-corrected chi connectivity index (χ4v) is 3.16. The second-order valence-electron chi connectivity index (χ2n) is 5.31. The highest BCUT2D eigenvalue weighted by molar-refractivity contribution is 6.32. The maximum Gasteiger partial charge on any atom is 0.179 e. The van der Waals surface area contributed by atoms with E-state index in [1.54, 1.807) is 14.2 Å². The number of hydrogen-bond acceptors (Lipinski definition) is 4. The average molecular weight is 314 g/mol. The van der Waals surface area contributed by atoms with E-state index in [1.807, 2.05) is 12.1 Å². The molecule has 1 heterocycles. The van der Waals surface area contributed by atoms with Crippen LogP contribution in [-0.4, -0.2) is 33.5 Å². The van der Waals surface area contributed by atoms with E-state index in [1.165, 1.54) is 0 Å². The maximum absolute atomic E-state index is 6.21. The van der Waals surface area contributed by atoms with Crippen molar-refractivity contribution in [1.29, 1.82) is 0 Å². The van der Waals surface area contributed by atoms with Crippen molar-refractivity contribution in [2.75, 3.05) is 27.4 Å². The molecule has 0 spiro atoms. The van der Waals surface area contributed by atoms with Gasteiger partial charge in [-0.1, -0.05) is 18.5 Å². The van der Waals surface area contributed by atoms with Crippen LogP contribution in [0.1, 0.15) is 25.3 Å². The molecular weight excluding hydrogens is 290 g/mol. The number of benzene rings is 1. The molecule has 1 aromatic rings. The lowest BCUT2D eigenvalue weighted by molar-refractivity contribution is 0.0872. The minimum Gasteiger partial charge on any atom is -0.493 e. The van der Waals surface area contributed by atoms with Gasteiger partial charge in [0.25, 0.3) is 0 Å². The Morgan fingerprint density at radius 2 is 2.14 bits per heavy atom. The number of rotatable bonds is 7. The van der Waals surface area contributed by atoms with Crippen molar-refractivity contribution in [2.24, 2.45) is 5.92 Å². The van der Waals surface area contributed by atoms with Crippen molar-refractivity contribution in [3.05, 3.63) is 22.7 Å². The fraction of sp³-hybridized carbons (Fsp3) is 0.625. The van der Waals surface area contributed by atoms with E-state index in [0.717, 1.165) is 38.1 Å². The van der Waals surface area contributed by atoms with Crippen LogP contribution in [0.25, 0.3) is 0 Å². The van der Waals surface area contributed by atoms with Crippen LogP contribution >= 0.6 is 11.6 Å². The third-order valence-electron chi connectivity index (χ3n) is 3.98. The Morgan fingerprint density at radius 1 is 1.33 bits per heavy atom. The molecule has 2 atom stereocenters. The van der Waals surface area contributed by atoms with Gasteiger partial charge in [0.2, 0.25) is 0 Å². The Hall–Kier alpha value is -0.970. The first-order valence-corrected chi connectivity index (χ1v) is 7.80. The molecule has 1 aliphatic heterocycles. The summed E-state index contributed by atoms with van der Waals surface area (Å²) >= 11 is 6.21. The zero-order valence-corrected chi connectivity index (χ0v) is 13.7. The van der Waals surface area contributed by atoms with Crippen LogP contribution < -0.4 is 14.8 Å². The van der Waals surface area contributed by atoms with Crippen molar-refractivity contribution in [2.45, 2.75) is 32.4 Å². The topological polar surface area (TPSA) is 39.7 Å². The number of hydrogen-bond donors (Lipinski definition) is 1. The number of nitrogens with one attached hydrogen (secondary N) is 1. The monoisotopic (exact) mass is 313 g/mol. The van der Waals surface area contributed by atoms with E-state index in [0.29, 0.717) is 28.5 Å². The summed E-state index contributed by atoms with van der Waals surface area (Å²) in [6.45, 7) is 4.78. The molecule has 2 rings (SSSR count). The first kappa shape index (κ1) is 16.4. The molecule has 0 amide bonds. The zero-order valence-electron chi connectivity index (χ0n) is 12.9. The van der Waals surface area contributed by atoms with Gasteiger partial charge >= 0.3 is 0 Å². The van der Waals surface area contributed by atoms with E-state index in [-0.39, 0.29) is 0 Å². The Balaban J connectivity index is 1.92. The minimum absolute atomic E-state index is 0.395. The predicted molar refractivity (Wildman–Crippen MR) is 84.4 cm³/mol. The Bertz CT molecular complexity index is 467. The molecule has 2 unspecified atom stereocenters. The third-order valence-corrected chi connectivity index (χ3v) is 4.26. The molecule has 5 heteroatoms. The van der Waals surface area contributed by atoms with Crippen molar-refractivity contribution in [1.82, 2.24) is 5.32 Å². The highest BCUT2D eigenvalue weighted by Crippen LogP contribution is 2.36. The van der Waals surface area contributed by atoms with Crippen molar-refractivity contribution in [3.8, 4) is 11.5 Å². The fourth-order valence-electron chi connectivity index (χ4n) is 2.85. The average Bonchev–Trinajstić information content (AvgIpc) is 2.94. The summed E-state index contributed by atoms with van der Waals surface area (Å²) in [6.07, 6.45) is 2.61. The van der Waals surface area contributed by atoms with Crippen LogP contribution in [0.4, 0.5) is 0 Å². The van der Waals surface area contributed by atoms with Crippen LogP contribution in [-0.2, 0) is 11.3 Å². The molecule has 1 aliphatic rings. The van der Waals surface area contributed by atoms with E-state index >= 15 is 0 Å². The first-order chi connectivity index (χ1) is 10.2. The number of halogens is 1. The Labute approximate surface area is 131 Å². The van der Waals surface area contributed by atoms with Gasteiger partial charge < -0.3 is 19.5 Å². The molecular formula is C16H24ClNO3. The molecule has 0 saturated carbocycles. The SMILES string of the molecule is CCC1OCCC1CNCc1cc(Cl)c(OC)c(OC)c1. The molecule has 0 aromatic heterocycles. The molecule has 118 valence electrons. The van der Waals surface area contributed by atoms with Crippen LogP contribution in [0.5, 0.6) is 11.5 Å². The highest BCUT2D eigenvalue weighted by atomic mass is 35.5. The summed E-state index contributed by atoms with van der Waals surface area (Å²) in [5.41, 5.74) is 1.09. The van der Waals surface area contributed by atoms with Crippen molar-refractivity contribution >= 4 is 11.6 Å². The summed E-state index contributed by atoms with van der Waals surface area (Å²) in [7, 11) is 3.21. The van der Waals surface area contributed by atoms with Gasteiger partial charge in [0.1, 0.15) is 0 Å². The molecule has 1 saturated heterocycles. The van der Waals surface area contributed by atoms with E-state index in [2.05, 4.69) is 12.2 Å². The molecule has 1 N–H and O–H groups in total. The van der Waals surface area contributed by atoms with Gasteiger partial charge in [-0.25, -0.2) is 0 Å². The second kappa shape index (κ2) is 7.87. The molecule has 1 aromatic carbocycles. The van der Waals surface area contributed by atoms with Gasteiger partial charge in [0.05, 0.1) is 25.3 Å². The van der Waals surface area contributed by atoms with E-state index < -0.39 is 0 Å². The zero-order chi connectivity index (χ0) is 15.2. The smallest absolute Gasteiger partial charge is 0.179 e. The maximum atomic E-state index is 6.21. The summed E-state index contributed by atoms with van der Waals surface area (Å²) in [4.78, 5) is 0. The van der Waals surface area contributed by atoms with Crippen molar-refractivity contribution in [3.63, 3.8) is 0 Å². The Morgan fingerprint density at radius 3 is 2.81 bits per heavy atom. The summed E-state index contributed by atoms with van der Waals surface area (Å²) in [5, 5.41) is 4.06. The number of methoxy groups -OCH3 is 2. The van der Waals surface area contributed by atoms with Gasteiger partial charge in [0, 0.05) is 19.7 Å². The third kappa shape index (κ3) is 4.02. The van der Waals surface area contributed by atoms with Crippen LogP contribution in [0, 0.1) is 5.92 Å². The lowest BCUT2D eigenvalue weighted by Gasteiger charge is -2.18. The quantitative estimate of drug-likeness (QED) is 0.838. The molecule has 4 nitrogen and oxygen atoms in total. The van der Waals surface area contributed by atoms with Gasteiger partial charge in [-0.15, -0.1) is 0 Å². The van der Waals surface area contributed by atoms with E-state index in [4.69, 9.17) is 25.8 Å². The lowest BCUT2D eigenvalue weighted by Crippen LogP contribution is -2.27. The van der Waals surface area contributed by atoms with Gasteiger partial charge in [-0.05, 0) is 36.5 Å². The van der Waals surface area contributed by atoms with E-state index in [9.17, 15) is 0 Å².